The Kier molecular flexibility index (Phi) is 5.35. The van der Waals surface area contributed by atoms with Gasteiger partial charge >= 0.3 is 0 Å². The van der Waals surface area contributed by atoms with Gasteiger partial charge in [0.2, 0.25) is 0 Å². The molecule has 0 unspecified atom stereocenters. The van der Waals surface area contributed by atoms with Crippen LogP contribution in [0.15, 0.2) is 42.5 Å². The van der Waals surface area contributed by atoms with Crippen molar-refractivity contribution in [2.24, 2.45) is 0 Å². The van der Waals surface area contributed by atoms with Crippen molar-refractivity contribution in [3.63, 3.8) is 0 Å². The number of nitrogens with zero attached hydrogens (tertiary/aromatic N) is 3. The molecule has 3 aromatic rings. The highest BCUT2D eigenvalue weighted by Crippen LogP contribution is 2.22. The standard InChI is InChI=1S/C21H20F2N4O3/c1-30-15-5-2-13(3-6-15)20(28)26-8-10-27(11-9-26)21(29)14-4-7-16-17(12-14)25-19(24-16)18(22)23/h2-7,12,18H,8-11H2,1H3,(H,24,25). The number of hydrogen-bond donors (Lipinski definition) is 1. The molecule has 1 aliphatic rings. The molecular formula is C21H20F2N4O3. The van der Waals surface area contributed by atoms with E-state index < -0.39 is 12.2 Å². The Morgan fingerprint density at radius 1 is 0.967 bits per heavy atom. The van der Waals surface area contributed by atoms with Crippen LogP contribution in [0.25, 0.3) is 11.0 Å². The number of H-pyrrole nitrogens is 1. The summed E-state index contributed by atoms with van der Waals surface area (Å²) in [4.78, 5) is 35.2. The normalized spacial score (nSPS) is 14.4. The second-order valence-corrected chi connectivity index (χ2v) is 6.97. The van der Waals surface area contributed by atoms with Gasteiger partial charge in [-0.3, -0.25) is 9.59 Å². The minimum absolute atomic E-state index is 0.0943. The van der Waals surface area contributed by atoms with Gasteiger partial charge in [-0.25, -0.2) is 13.8 Å². The lowest BCUT2D eigenvalue weighted by atomic mass is 10.1. The van der Waals surface area contributed by atoms with E-state index >= 15 is 0 Å². The Labute approximate surface area is 171 Å². The van der Waals surface area contributed by atoms with E-state index in [-0.39, 0.29) is 11.8 Å². The van der Waals surface area contributed by atoms with Gasteiger partial charge in [-0.15, -0.1) is 0 Å². The van der Waals surface area contributed by atoms with Crippen LogP contribution in [0.5, 0.6) is 5.75 Å². The number of halogens is 2. The zero-order valence-corrected chi connectivity index (χ0v) is 16.3. The predicted octanol–water partition coefficient (Wildman–Crippen LogP) is 3.11. The molecule has 2 aromatic carbocycles. The van der Waals surface area contributed by atoms with Gasteiger partial charge in [-0.05, 0) is 42.5 Å². The Morgan fingerprint density at radius 2 is 1.53 bits per heavy atom. The van der Waals surface area contributed by atoms with E-state index in [0.717, 1.165) is 0 Å². The summed E-state index contributed by atoms with van der Waals surface area (Å²) in [7, 11) is 1.56. The number of carbonyl (C=O) groups excluding carboxylic acids is 2. The molecule has 7 nitrogen and oxygen atoms in total. The lowest BCUT2D eigenvalue weighted by Crippen LogP contribution is -2.50. The van der Waals surface area contributed by atoms with E-state index in [0.29, 0.717) is 54.1 Å². The SMILES string of the molecule is COc1ccc(C(=O)N2CCN(C(=O)c3ccc4nc(C(F)F)[nH]c4c3)CC2)cc1. The average Bonchev–Trinajstić information content (AvgIpc) is 3.22. The van der Waals surface area contributed by atoms with Gasteiger partial charge in [0, 0.05) is 37.3 Å². The first-order valence-corrected chi connectivity index (χ1v) is 9.46. The summed E-state index contributed by atoms with van der Waals surface area (Å²) in [6, 6.07) is 11.6. The summed E-state index contributed by atoms with van der Waals surface area (Å²) in [5.74, 6) is -0.0399. The largest absolute Gasteiger partial charge is 0.497 e. The van der Waals surface area contributed by atoms with E-state index in [2.05, 4.69) is 9.97 Å². The zero-order valence-electron chi connectivity index (χ0n) is 16.3. The molecule has 156 valence electrons. The van der Waals surface area contributed by atoms with Crippen molar-refractivity contribution < 1.29 is 23.1 Å². The van der Waals surface area contributed by atoms with Crippen LogP contribution in [-0.2, 0) is 0 Å². The van der Waals surface area contributed by atoms with Crippen LogP contribution >= 0.6 is 0 Å². The molecule has 9 heteroatoms. The van der Waals surface area contributed by atoms with Gasteiger partial charge < -0.3 is 19.5 Å². The maximum absolute atomic E-state index is 12.8. The van der Waals surface area contributed by atoms with Gasteiger partial charge in [-0.1, -0.05) is 0 Å². The van der Waals surface area contributed by atoms with Crippen molar-refractivity contribution in [2.45, 2.75) is 6.43 Å². The highest BCUT2D eigenvalue weighted by atomic mass is 19.3. The van der Waals surface area contributed by atoms with E-state index in [1.807, 2.05) is 0 Å². The van der Waals surface area contributed by atoms with E-state index in [4.69, 9.17) is 4.74 Å². The fourth-order valence-electron chi connectivity index (χ4n) is 3.48. The monoisotopic (exact) mass is 414 g/mol. The topological polar surface area (TPSA) is 78.5 Å². The van der Waals surface area contributed by atoms with Crippen LogP contribution in [-0.4, -0.2) is 64.9 Å². The van der Waals surface area contributed by atoms with Gasteiger partial charge in [0.25, 0.3) is 18.2 Å². The summed E-state index contributed by atoms with van der Waals surface area (Å²) in [6.45, 7) is 1.62. The lowest BCUT2D eigenvalue weighted by Gasteiger charge is -2.35. The summed E-state index contributed by atoms with van der Waals surface area (Å²) in [5.41, 5.74) is 1.73. The van der Waals surface area contributed by atoms with Crippen molar-refractivity contribution in [1.29, 1.82) is 0 Å². The molecule has 1 fully saturated rings. The molecule has 0 bridgehead atoms. The summed E-state index contributed by atoms with van der Waals surface area (Å²) >= 11 is 0. The number of carbonyl (C=O) groups is 2. The summed E-state index contributed by atoms with van der Waals surface area (Å²) in [6.07, 6.45) is -2.70. The number of nitrogens with one attached hydrogen (secondary N) is 1. The van der Waals surface area contributed by atoms with Crippen molar-refractivity contribution in [3.05, 3.63) is 59.4 Å². The van der Waals surface area contributed by atoms with Crippen LogP contribution in [0.1, 0.15) is 33.0 Å². The number of benzene rings is 2. The summed E-state index contributed by atoms with van der Waals surface area (Å²) in [5, 5.41) is 0. The minimum atomic E-state index is -2.70. The quantitative estimate of drug-likeness (QED) is 0.712. The molecular weight excluding hydrogens is 394 g/mol. The fourth-order valence-corrected chi connectivity index (χ4v) is 3.48. The minimum Gasteiger partial charge on any atom is -0.497 e. The van der Waals surface area contributed by atoms with Gasteiger partial charge in [-0.2, -0.15) is 0 Å². The Balaban J connectivity index is 1.41. The first-order valence-electron chi connectivity index (χ1n) is 9.46. The molecule has 0 aliphatic carbocycles. The first-order chi connectivity index (χ1) is 14.5. The van der Waals surface area contributed by atoms with Crippen LogP contribution in [0.2, 0.25) is 0 Å². The molecule has 1 N–H and O–H groups in total. The van der Waals surface area contributed by atoms with Crippen molar-refractivity contribution in [1.82, 2.24) is 19.8 Å². The van der Waals surface area contributed by atoms with Gasteiger partial charge in [0.1, 0.15) is 5.75 Å². The third-order valence-electron chi connectivity index (χ3n) is 5.14. The summed E-state index contributed by atoms with van der Waals surface area (Å²) < 4.78 is 30.7. The number of amides is 2. The van der Waals surface area contributed by atoms with Crippen LogP contribution in [0.4, 0.5) is 8.78 Å². The number of aromatic nitrogens is 2. The van der Waals surface area contributed by atoms with Crippen molar-refractivity contribution in [3.8, 4) is 5.75 Å². The Morgan fingerprint density at radius 3 is 2.10 bits per heavy atom. The smallest absolute Gasteiger partial charge is 0.295 e. The number of ether oxygens (including phenoxy) is 1. The molecule has 1 aromatic heterocycles. The molecule has 0 atom stereocenters. The molecule has 1 aliphatic heterocycles. The van der Waals surface area contributed by atoms with Crippen LogP contribution in [0.3, 0.4) is 0 Å². The molecule has 2 heterocycles. The predicted molar refractivity (Wildman–Crippen MR) is 106 cm³/mol. The van der Waals surface area contributed by atoms with Crippen LogP contribution < -0.4 is 4.74 Å². The highest BCUT2D eigenvalue weighted by molar-refractivity contribution is 5.98. The van der Waals surface area contributed by atoms with E-state index in [1.165, 1.54) is 6.07 Å². The fraction of sp³-hybridized carbons (Fsp3) is 0.286. The third kappa shape index (κ3) is 3.83. The maximum Gasteiger partial charge on any atom is 0.295 e. The zero-order chi connectivity index (χ0) is 21.3. The molecule has 2 amide bonds. The molecule has 1 saturated heterocycles. The second kappa shape index (κ2) is 8.10. The Hall–Kier alpha value is -3.49. The number of imidazole rings is 1. The van der Waals surface area contributed by atoms with Crippen molar-refractivity contribution in [2.75, 3.05) is 33.3 Å². The maximum atomic E-state index is 12.8. The Bertz CT molecular complexity index is 1070. The number of alkyl halides is 2. The number of piperazine rings is 1. The molecule has 0 spiro atoms. The molecule has 0 saturated carbocycles. The molecule has 30 heavy (non-hydrogen) atoms. The second-order valence-electron chi connectivity index (χ2n) is 6.97. The van der Waals surface area contributed by atoms with Gasteiger partial charge in [0.15, 0.2) is 5.82 Å². The number of rotatable bonds is 4. The third-order valence-corrected chi connectivity index (χ3v) is 5.14. The van der Waals surface area contributed by atoms with E-state index in [9.17, 15) is 18.4 Å². The first kappa shape index (κ1) is 19.8. The highest BCUT2D eigenvalue weighted by Gasteiger charge is 2.26. The molecule has 4 rings (SSSR count). The van der Waals surface area contributed by atoms with E-state index in [1.54, 1.807) is 53.3 Å². The number of fused-ring (bicyclic) bond motifs is 1. The van der Waals surface area contributed by atoms with Crippen LogP contribution in [0, 0.1) is 0 Å². The number of methoxy groups -OCH3 is 1. The number of hydrogen-bond acceptors (Lipinski definition) is 4. The number of aromatic amines is 1. The van der Waals surface area contributed by atoms with Gasteiger partial charge in [0.05, 0.1) is 18.1 Å². The lowest BCUT2D eigenvalue weighted by molar-refractivity contribution is 0.0535. The average molecular weight is 414 g/mol. The van der Waals surface area contributed by atoms with Crippen molar-refractivity contribution >= 4 is 22.8 Å². The molecule has 0 radical (unpaired) electrons.